The molecule has 0 unspecified atom stereocenters. The Morgan fingerprint density at radius 1 is 1.12 bits per heavy atom. The fourth-order valence-corrected chi connectivity index (χ4v) is 4.04. The molecule has 6 heteroatoms. The van der Waals surface area contributed by atoms with Gasteiger partial charge >= 0.3 is 0 Å². The van der Waals surface area contributed by atoms with Gasteiger partial charge in [-0.05, 0) is 36.4 Å². The van der Waals surface area contributed by atoms with Gasteiger partial charge in [0.05, 0.1) is 32.6 Å². The fraction of sp³-hybridized carbons (Fsp3) is 0.400. The van der Waals surface area contributed by atoms with E-state index in [1.54, 1.807) is 11.3 Å². The molecule has 2 amide bonds. The number of carbonyl (C=O) groups is 2. The van der Waals surface area contributed by atoms with Crippen molar-refractivity contribution in [3.05, 3.63) is 51.7 Å². The molecule has 0 aliphatic carbocycles. The monoisotopic (exact) mass is 372 g/mol. The summed E-state index contributed by atoms with van der Waals surface area (Å²) in [6.45, 7) is 7.53. The number of rotatable bonds is 5. The number of benzene rings is 1. The molecule has 1 aromatic heterocycles. The maximum Gasteiger partial charge on any atom is 0.279 e. The van der Waals surface area contributed by atoms with Gasteiger partial charge in [-0.15, -0.1) is 11.3 Å². The van der Waals surface area contributed by atoms with Crippen LogP contribution in [-0.2, 0) is 16.0 Å². The van der Waals surface area contributed by atoms with Crippen LogP contribution in [0, 0.1) is 13.8 Å². The van der Waals surface area contributed by atoms with Crippen molar-refractivity contribution < 1.29 is 14.5 Å². The van der Waals surface area contributed by atoms with Crippen molar-refractivity contribution in [3.63, 3.8) is 0 Å². The first kappa shape index (κ1) is 18.6. The van der Waals surface area contributed by atoms with Crippen LogP contribution in [0.4, 0.5) is 5.69 Å². The molecule has 0 radical (unpaired) electrons. The molecule has 138 valence electrons. The highest BCUT2D eigenvalue weighted by Crippen LogP contribution is 2.18. The second-order valence-electron chi connectivity index (χ2n) is 6.88. The molecule has 2 heterocycles. The third-order valence-corrected chi connectivity index (χ3v) is 5.76. The molecule has 1 aromatic carbocycles. The van der Waals surface area contributed by atoms with Crippen LogP contribution < -0.4 is 10.2 Å². The molecule has 0 atom stereocenters. The molecular weight excluding hydrogens is 346 g/mol. The summed E-state index contributed by atoms with van der Waals surface area (Å²) in [6, 6.07) is 9.99. The summed E-state index contributed by atoms with van der Waals surface area (Å²) in [7, 11) is 0. The Hall–Kier alpha value is -2.18. The minimum atomic E-state index is 0.0377. The molecule has 0 bridgehead atoms. The van der Waals surface area contributed by atoms with Gasteiger partial charge in [0, 0.05) is 10.6 Å². The van der Waals surface area contributed by atoms with Gasteiger partial charge in [0.25, 0.3) is 5.91 Å². The molecule has 1 aliphatic rings. The van der Waals surface area contributed by atoms with Crippen LogP contribution in [0.1, 0.15) is 16.0 Å². The number of aryl methyl sites for hydroxylation is 2. The zero-order valence-corrected chi connectivity index (χ0v) is 16.2. The van der Waals surface area contributed by atoms with E-state index in [0.717, 1.165) is 47.9 Å². The number of hydrogen-bond donors (Lipinski definition) is 2. The van der Waals surface area contributed by atoms with Crippen LogP contribution in [0.2, 0.25) is 0 Å². The number of nitrogens with zero attached hydrogens (tertiary/aromatic N) is 1. The topological polar surface area (TPSA) is 53.9 Å². The fourth-order valence-electron chi connectivity index (χ4n) is 3.35. The quantitative estimate of drug-likeness (QED) is 0.831. The van der Waals surface area contributed by atoms with Gasteiger partial charge in [-0.25, -0.2) is 0 Å². The highest BCUT2D eigenvalue weighted by Gasteiger charge is 2.25. The average Bonchev–Trinajstić information content (AvgIpc) is 3.12. The lowest BCUT2D eigenvalue weighted by atomic mass is 10.1. The lowest BCUT2D eigenvalue weighted by Gasteiger charge is -2.32. The molecule has 1 fully saturated rings. The van der Waals surface area contributed by atoms with Crippen LogP contribution in [-0.4, -0.2) is 49.4 Å². The van der Waals surface area contributed by atoms with Crippen LogP contribution in [0.15, 0.2) is 35.7 Å². The normalized spacial score (nSPS) is 15.1. The van der Waals surface area contributed by atoms with E-state index in [2.05, 4.69) is 5.32 Å². The molecule has 0 spiro atoms. The van der Waals surface area contributed by atoms with E-state index in [4.69, 9.17) is 0 Å². The minimum Gasteiger partial charge on any atom is -0.331 e. The predicted molar refractivity (Wildman–Crippen MR) is 105 cm³/mol. The van der Waals surface area contributed by atoms with Gasteiger partial charge in [0.15, 0.2) is 6.54 Å². The van der Waals surface area contributed by atoms with E-state index in [1.165, 1.54) is 4.90 Å². The lowest BCUT2D eigenvalue weighted by Crippen LogP contribution is -3.15. The Bertz CT molecular complexity index is 745. The summed E-state index contributed by atoms with van der Waals surface area (Å²) in [4.78, 5) is 29.0. The van der Waals surface area contributed by atoms with Crippen LogP contribution in [0.3, 0.4) is 0 Å². The summed E-state index contributed by atoms with van der Waals surface area (Å²) < 4.78 is 0. The molecular formula is C20H26N3O2S+. The second kappa shape index (κ2) is 8.47. The van der Waals surface area contributed by atoms with E-state index in [0.29, 0.717) is 13.0 Å². The zero-order valence-electron chi connectivity index (χ0n) is 15.4. The van der Waals surface area contributed by atoms with Gasteiger partial charge < -0.3 is 15.1 Å². The Balaban J connectivity index is 1.46. The smallest absolute Gasteiger partial charge is 0.279 e. The number of nitrogens with one attached hydrogen (secondary N) is 2. The summed E-state index contributed by atoms with van der Waals surface area (Å²) in [5.41, 5.74) is 3.08. The maximum atomic E-state index is 12.4. The first-order chi connectivity index (χ1) is 12.5. The summed E-state index contributed by atoms with van der Waals surface area (Å²) in [5, 5.41) is 5.05. The van der Waals surface area contributed by atoms with E-state index in [9.17, 15) is 9.59 Å². The van der Waals surface area contributed by atoms with Gasteiger partial charge in [0.1, 0.15) is 0 Å². The standard InChI is InChI=1S/C20H25N3O2S/c1-15-5-3-6-16(2)20(15)21-18(24)14-22-8-10-23(11-9-22)19(25)13-17-7-4-12-26-17/h3-7,12H,8-11,13-14H2,1-2H3,(H,21,24)/p+1. The average molecular weight is 373 g/mol. The number of thiophene rings is 1. The Labute approximate surface area is 158 Å². The molecule has 2 aromatic rings. The molecule has 0 saturated carbocycles. The molecule has 2 N–H and O–H groups in total. The van der Waals surface area contributed by atoms with Gasteiger partial charge in [-0.3, -0.25) is 9.59 Å². The SMILES string of the molecule is Cc1cccc(C)c1NC(=O)C[NH+]1CCN(C(=O)Cc2cccs2)CC1. The minimum absolute atomic E-state index is 0.0377. The number of quaternary nitrogens is 1. The number of anilines is 1. The third kappa shape index (κ3) is 4.71. The first-order valence-corrected chi connectivity index (χ1v) is 9.90. The van der Waals surface area contributed by atoms with Crippen LogP contribution in [0.5, 0.6) is 0 Å². The first-order valence-electron chi connectivity index (χ1n) is 9.02. The van der Waals surface area contributed by atoms with Crippen molar-refractivity contribution in [2.45, 2.75) is 20.3 Å². The van der Waals surface area contributed by atoms with Crippen molar-refractivity contribution in [1.82, 2.24) is 4.90 Å². The van der Waals surface area contributed by atoms with Crippen LogP contribution >= 0.6 is 11.3 Å². The van der Waals surface area contributed by atoms with Crippen molar-refractivity contribution in [2.75, 3.05) is 38.0 Å². The van der Waals surface area contributed by atoms with Crippen molar-refractivity contribution in [2.24, 2.45) is 0 Å². The largest absolute Gasteiger partial charge is 0.331 e. The molecule has 3 rings (SSSR count). The number of amides is 2. The number of piperazine rings is 1. The number of hydrogen-bond acceptors (Lipinski definition) is 3. The lowest BCUT2D eigenvalue weighted by molar-refractivity contribution is -0.895. The maximum absolute atomic E-state index is 12.4. The van der Waals surface area contributed by atoms with Crippen molar-refractivity contribution in [1.29, 1.82) is 0 Å². The van der Waals surface area contributed by atoms with E-state index in [1.807, 2.05) is 54.5 Å². The van der Waals surface area contributed by atoms with Gasteiger partial charge in [-0.2, -0.15) is 0 Å². The third-order valence-electron chi connectivity index (χ3n) is 4.88. The Morgan fingerprint density at radius 2 is 1.81 bits per heavy atom. The molecule has 26 heavy (non-hydrogen) atoms. The summed E-state index contributed by atoms with van der Waals surface area (Å²) in [5.74, 6) is 0.224. The summed E-state index contributed by atoms with van der Waals surface area (Å²) in [6.07, 6.45) is 0.486. The van der Waals surface area contributed by atoms with Crippen LogP contribution in [0.25, 0.3) is 0 Å². The molecule has 5 nitrogen and oxygen atoms in total. The number of carbonyl (C=O) groups excluding carboxylic acids is 2. The molecule has 1 saturated heterocycles. The molecule has 1 aliphatic heterocycles. The van der Waals surface area contributed by atoms with Gasteiger partial charge in [0.2, 0.25) is 5.91 Å². The Kier molecular flexibility index (Phi) is 6.06. The summed E-state index contributed by atoms with van der Waals surface area (Å²) >= 11 is 1.62. The van der Waals surface area contributed by atoms with E-state index < -0.39 is 0 Å². The number of para-hydroxylation sites is 1. The van der Waals surface area contributed by atoms with E-state index in [-0.39, 0.29) is 11.8 Å². The Morgan fingerprint density at radius 3 is 2.42 bits per heavy atom. The van der Waals surface area contributed by atoms with Gasteiger partial charge in [-0.1, -0.05) is 24.3 Å². The predicted octanol–water partition coefficient (Wildman–Crippen LogP) is 1.27. The zero-order chi connectivity index (χ0) is 18.5. The van der Waals surface area contributed by atoms with E-state index >= 15 is 0 Å². The highest BCUT2D eigenvalue weighted by molar-refractivity contribution is 7.10. The second-order valence-corrected chi connectivity index (χ2v) is 7.91. The highest BCUT2D eigenvalue weighted by atomic mass is 32.1. The van der Waals surface area contributed by atoms with Crippen molar-refractivity contribution >= 4 is 28.8 Å². The van der Waals surface area contributed by atoms with Crippen molar-refractivity contribution in [3.8, 4) is 0 Å².